The monoisotopic (exact) mass is 448 g/mol. The molecule has 1 fully saturated rings. The number of halogens is 2. The lowest BCUT2D eigenvalue weighted by molar-refractivity contribution is 0.274. The molecule has 1 atom stereocenters. The van der Waals surface area contributed by atoms with Crippen molar-refractivity contribution in [2.45, 2.75) is 45.1 Å². The summed E-state index contributed by atoms with van der Waals surface area (Å²) in [5.74, 6) is 1.20. The minimum atomic E-state index is -0.950. The molecule has 8 nitrogen and oxygen atoms in total. The van der Waals surface area contributed by atoms with E-state index in [-0.39, 0.29) is 16.9 Å². The van der Waals surface area contributed by atoms with Crippen LogP contribution in [0.4, 0.5) is 14.6 Å². The minimum absolute atomic E-state index is 0.0548. The van der Waals surface area contributed by atoms with Crippen molar-refractivity contribution >= 4 is 5.82 Å². The lowest BCUT2D eigenvalue weighted by Gasteiger charge is -2.49. The molecule has 0 radical (unpaired) electrons. The van der Waals surface area contributed by atoms with Gasteiger partial charge in [-0.05, 0) is 44.7 Å². The molecule has 0 unspecified atom stereocenters. The van der Waals surface area contributed by atoms with Crippen molar-refractivity contribution in [2.24, 2.45) is 0 Å². The van der Waals surface area contributed by atoms with Crippen LogP contribution >= 0.6 is 0 Å². The summed E-state index contributed by atoms with van der Waals surface area (Å²) in [5, 5.41) is 8.91. The van der Waals surface area contributed by atoms with Gasteiger partial charge < -0.3 is 4.90 Å². The molecule has 3 aromatic heterocycles. The van der Waals surface area contributed by atoms with Crippen LogP contribution in [0.15, 0.2) is 36.8 Å². The summed E-state index contributed by atoms with van der Waals surface area (Å²) < 4.78 is 32.0. The fraction of sp³-hybridized carbons (Fsp3) is 0.348. The normalized spacial score (nSPS) is 19.2. The molecule has 0 N–H and O–H groups in total. The Morgan fingerprint density at radius 1 is 1.12 bits per heavy atom. The Morgan fingerprint density at radius 3 is 2.85 bits per heavy atom. The van der Waals surface area contributed by atoms with E-state index in [9.17, 15) is 8.78 Å². The number of benzene rings is 1. The van der Waals surface area contributed by atoms with E-state index in [1.165, 1.54) is 18.3 Å². The van der Waals surface area contributed by atoms with E-state index >= 15 is 0 Å². The second-order valence-electron chi connectivity index (χ2n) is 8.50. The number of aryl methyl sites for hydroxylation is 1. The number of aromatic nitrogens is 7. The Labute approximate surface area is 189 Å². The first-order chi connectivity index (χ1) is 16.0. The van der Waals surface area contributed by atoms with Gasteiger partial charge in [0.15, 0.2) is 23.3 Å². The number of hydrogen-bond acceptors (Lipinski definition) is 6. The highest BCUT2D eigenvalue weighted by atomic mass is 19.2. The Bertz CT molecular complexity index is 1380. The van der Waals surface area contributed by atoms with Gasteiger partial charge in [0.1, 0.15) is 22.9 Å². The molecule has 6 rings (SSSR count). The van der Waals surface area contributed by atoms with Crippen LogP contribution in [0.1, 0.15) is 44.3 Å². The largest absolute Gasteiger partial charge is 0.342 e. The van der Waals surface area contributed by atoms with Gasteiger partial charge in [0, 0.05) is 18.9 Å². The topological polar surface area (TPSA) is 77.5 Å². The zero-order valence-corrected chi connectivity index (χ0v) is 18.3. The molecular formula is C23H22F2N8. The number of imidazole rings is 1. The van der Waals surface area contributed by atoms with Gasteiger partial charge in [-0.1, -0.05) is 13.0 Å². The number of nitrogens with zero attached hydrogens (tertiary/aromatic N) is 8. The molecule has 0 bridgehead atoms. The van der Waals surface area contributed by atoms with Crippen molar-refractivity contribution in [1.82, 2.24) is 34.3 Å². The molecule has 0 spiro atoms. The van der Waals surface area contributed by atoms with Gasteiger partial charge in [-0.15, -0.1) is 10.2 Å². The van der Waals surface area contributed by atoms with Crippen molar-refractivity contribution in [3.63, 3.8) is 0 Å². The molecule has 33 heavy (non-hydrogen) atoms. The highest BCUT2D eigenvalue weighted by Crippen LogP contribution is 2.48. The zero-order chi connectivity index (χ0) is 22.7. The van der Waals surface area contributed by atoms with Crippen molar-refractivity contribution in [2.75, 3.05) is 11.4 Å². The molecule has 0 aliphatic carbocycles. The van der Waals surface area contributed by atoms with Gasteiger partial charge in [0.05, 0.1) is 11.8 Å². The lowest BCUT2D eigenvalue weighted by atomic mass is 9.82. The summed E-state index contributed by atoms with van der Waals surface area (Å²) in [5.41, 5.74) is 0.588. The quantitative estimate of drug-likeness (QED) is 0.470. The second-order valence-corrected chi connectivity index (χ2v) is 8.50. The third-order valence-corrected chi connectivity index (χ3v) is 6.85. The summed E-state index contributed by atoms with van der Waals surface area (Å²) in [6.45, 7) is 4.94. The molecule has 1 saturated heterocycles. The number of rotatable bonds is 3. The van der Waals surface area contributed by atoms with Crippen LogP contribution in [0.25, 0.3) is 23.0 Å². The standard InChI is InChI=1S/C23H22F2N8/c1-3-23-9-4-5-11-32(23)20-17(33-14(2)29-30-21(23)33)13-27-22(28-20)31-12-10-26-19(31)15-7-6-8-16(24)18(15)25/h6-8,10,12-13H,3-5,9,11H2,1-2H3/t23-/m0/s1. The SMILES string of the molecule is CC[C@@]12CCCCN1c1nc(-n3ccnc3-c3cccc(F)c3F)ncc1-n1c(C)nnc12. The lowest BCUT2D eigenvalue weighted by Crippen LogP contribution is -2.54. The van der Waals surface area contributed by atoms with E-state index in [0.717, 1.165) is 61.4 Å². The van der Waals surface area contributed by atoms with Crippen LogP contribution in [0.2, 0.25) is 0 Å². The summed E-state index contributed by atoms with van der Waals surface area (Å²) in [6.07, 6.45) is 8.93. The van der Waals surface area contributed by atoms with E-state index < -0.39 is 11.6 Å². The number of hydrogen-bond donors (Lipinski definition) is 0. The summed E-state index contributed by atoms with van der Waals surface area (Å²) >= 11 is 0. The van der Waals surface area contributed by atoms with E-state index in [0.29, 0.717) is 5.95 Å². The van der Waals surface area contributed by atoms with Gasteiger partial charge >= 0.3 is 0 Å². The van der Waals surface area contributed by atoms with Gasteiger partial charge in [0.25, 0.3) is 0 Å². The van der Waals surface area contributed by atoms with Crippen molar-refractivity contribution in [1.29, 1.82) is 0 Å². The molecule has 10 heteroatoms. The zero-order valence-electron chi connectivity index (χ0n) is 18.3. The molecule has 0 amide bonds. The van der Waals surface area contributed by atoms with Gasteiger partial charge in [-0.3, -0.25) is 9.13 Å². The van der Waals surface area contributed by atoms with Crippen LogP contribution in [-0.2, 0) is 5.54 Å². The first-order valence-corrected chi connectivity index (χ1v) is 11.1. The molecule has 0 saturated carbocycles. The predicted molar refractivity (Wildman–Crippen MR) is 117 cm³/mol. The summed E-state index contributed by atoms with van der Waals surface area (Å²) in [4.78, 5) is 16.1. The maximum Gasteiger partial charge on any atom is 0.237 e. The number of anilines is 1. The highest BCUT2D eigenvalue weighted by molar-refractivity contribution is 5.65. The highest BCUT2D eigenvalue weighted by Gasteiger charge is 2.48. The van der Waals surface area contributed by atoms with Crippen LogP contribution in [0.5, 0.6) is 0 Å². The average molecular weight is 448 g/mol. The first kappa shape index (κ1) is 20.0. The van der Waals surface area contributed by atoms with Gasteiger partial charge in [0.2, 0.25) is 5.95 Å². The van der Waals surface area contributed by atoms with E-state index in [1.54, 1.807) is 17.0 Å². The van der Waals surface area contributed by atoms with E-state index in [4.69, 9.17) is 4.98 Å². The Hall–Kier alpha value is -3.69. The number of fused-ring (bicyclic) bond motifs is 6. The van der Waals surface area contributed by atoms with Crippen molar-refractivity contribution < 1.29 is 8.78 Å². The molecule has 2 aliphatic rings. The molecule has 1 aromatic carbocycles. The van der Waals surface area contributed by atoms with E-state index in [1.807, 2.05) is 11.5 Å². The third-order valence-electron chi connectivity index (χ3n) is 6.85. The van der Waals surface area contributed by atoms with Crippen LogP contribution in [0.3, 0.4) is 0 Å². The summed E-state index contributed by atoms with van der Waals surface area (Å²) in [6, 6.07) is 4.04. The average Bonchev–Trinajstić information content (AvgIpc) is 3.48. The molecule has 168 valence electrons. The Morgan fingerprint density at radius 2 is 2.00 bits per heavy atom. The van der Waals surface area contributed by atoms with Crippen LogP contribution in [0, 0.1) is 18.6 Å². The van der Waals surface area contributed by atoms with Crippen molar-refractivity contribution in [3.8, 4) is 23.0 Å². The second kappa shape index (κ2) is 7.16. The molecular weight excluding hydrogens is 426 g/mol. The van der Waals surface area contributed by atoms with Crippen LogP contribution < -0.4 is 4.90 Å². The molecule has 5 heterocycles. The summed E-state index contributed by atoms with van der Waals surface area (Å²) in [7, 11) is 0. The maximum absolute atomic E-state index is 14.5. The molecule has 2 aliphatic heterocycles. The maximum atomic E-state index is 14.5. The molecule has 4 aromatic rings. The van der Waals surface area contributed by atoms with Gasteiger partial charge in [-0.2, -0.15) is 4.98 Å². The fourth-order valence-electron chi connectivity index (χ4n) is 5.23. The van der Waals surface area contributed by atoms with Gasteiger partial charge in [-0.25, -0.2) is 18.7 Å². The van der Waals surface area contributed by atoms with Crippen LogP contribution in [-0.4, -0.2) is 40.8 Å². The minimum Gasteiger partial charge on any atom is -0.342 e. The fourth-order valence-corrected chi connectivity index (χ4v) is 5.23. The number of piperidine rings is 1. The first-order valence-electron chi connectivity index (χ1n) is 11.1. The van der Waals surface area contributed by atoms with E-state index in [2.05, 4.69) is 32.0 Å². The predicted octanol–water partition coefficient (Wildman–Crippen LogP) is 4.11. The third kappa shape index (κ3) is 2.69. The smallest absolute Gasteiger partial charge is 0.237 e. The Kier molecular flexibility index (Phi) is 4.33. The Balaban J connectivity index is 1.55. The van der Waals surface area contributed by atoms with Crippen molar-refractivity contribution in [3.05, 3.63) is 60.1 Å².